The van der Waals surface area contributed by atoms with Gasteiger partial charge in [-0.2, -0.15) is 0 Å². The molecule has 6 nitrogen and oxygen atoms in total. The van der Waals surface area contributed by atoms with Crippen molar-refractivity contribution in [3.05, 3.63) is 22.7 Å². The lowest BCUT2D eigenvalue weighted by molar-refractivity contribution is 0.246. The van der Waals surface area contributed by atoms with E-state index in [2.05, 4.69) is 20.2 Å². The molecule has 1 aromatic heterocycles. The predicted molar refractivity (Wildman–Crippen MR) is 67.4 cm³/mol. The fourth-order valence-corrected chi connectivity index (χ4v) is 1.95. The second-order valence-electron chi connectivity index (χ2n) is 4.26. The molecule has 2 rings (SSSR count). The van der Waals surface area contributed by atoms with Crippen LogP contribution in [0.15, 0.2) is 17.2 Å². The molecule has 1 fully saturated rings. The lowest BCUT2D eigenvalue weighted by Crippen LogP contribution is -2.46. The predicted octanol–water partition coefficient (Wildman–Crippen LogP) is -0.889. The molecule has 0 bridgehead atoms. The largest absolute Gasteiger partial charge is 0.354 e. The molecule has 94 valence electrons. The summed E-state index contributed by atoms with van der Waals surface area (Å²) in [5, 5.41) is 3.32. The topological polar surface area (TPSA) is 64.3 Å². The van der Waals surface area contributed by atoms with E-state index in [1.807, 2.05) is 11.9 Å². The molecule has 0 saturated carbocycles. The molecule has 1 aliphatic heterocycles. The highest BCUT2D eigenvalue weighted by Crippen LogP contribution is 2.00. The van der Waals surface area contributed by atoms with E-state index in [-0.39, 0.29) is 5.56 Å². The van der Waals surface area contributed by atoms with Crippen LogP contribution in [-0.2, 0) is 0 Å². The van der Waals surface area contributed by atoms with Crippen molar-refractivity contribution in [3.8, 4) is 0 Å². The van der Waals surface area contributed by atoms with Gasteiger partial charge in [-0.15, -0.1) is 0 Å². The second kappa shape index (κ2) is 5.79. The minimum Gasteiger partial charge on any atom is -0.354 e. The molecule has 0 aliphatic carbocycles. The van der Waals surface area contributed by atoms with E-state index in [1.54, 1.807) is 12.4 Å². The third kappa shape index (κ3) is 3.28. The molecular formula is C11H19N5O. The molecule has 1 saturated heterocycles. The van der Waals surface area contributed by atoms with E-state index in [9.17, 15) is 4.79 Å². The molecule has 2 heterocycles. The zero-order valence-corrected chi connectivity index (χ0v) is 10.1. The summed E-state index contributed by atoms with van der Waals surface area (Å²) in [7, 11) is 1.90. The number of likely N-dealkylation sites (N-methyl/N-ethyl adjacent to an activating group) is 1. The molecule has 0 amide bonds. The van der Waals surface area contributed by atoms with Gasteiger partial charge >= 0.3 is 0 Å². The highest BCUT2D eigenvalue weighted by Gasteiger charge is 2.11. The van der Waals surface area contributed by atoms with Crippen LogP contribution in [0.2, 0.25) is 0 Å². The number of hydrogen-bond donors (Lipinski definition) is 2. The number of piperazine rings is 1. The minimum atomic E-state index is -0.129. The lowest BCUT2D eigenvalue weighted by Gasteiger charge is -2.29. The van der Waals surface area contributed by atoms with Crippen molar-refractivity contribution in [1.82, 2.24) is 20.2 Å². The van der Waals surface area contributed by atoms with Crippen LogP contribution in [0, 0.1) is 0 Å². The third-order valence-corrected chi connectivity index (χ3v) is 3.01. The number of anilines is 1. The van der Waals surface area contributed by atoms with Crippen molar-refractivity contribution in [2.45, 2.75) is 0 Å². The first kappa shape index (κ1) is 12.1. The van der Waals surface area contributed by atoms with Crippen LogP contribution in [0.3, 0.4) is 0 Å². The zero-order chi connectivity index (χ0) is 12.1. The van der Waals surface area contributed by atoms with Gasteiger partial charge in [-0.1, -0.05) is 0 Å². The van der Waals surface area contributed by atoms with Crippen molar-refractivity contribution in [1.29, 1.82) is 0 Å². The first-order valence-electron chi connectivity index (χ1n) is 5.95. The SMILES string of the molecule is CN(CCN1CCNCC1)c1ncc[nH]c1=O. The summed E-state index contributed by atoms with van der Waals surface area (Å²) in [4.78, 5) is 22.6. The lowest BCUT2D eigenvalue weighted by atomic mass is 10.3. The molecule has 1 aromatic rings. The molecule has 0 unspecified atom stereocenters. The summed E-state index contributed by atoms with van der Waals surface area (Å²) in [6.45, 7) is 6.04. The first-order chi connectivity index (χ1) is 8.27. The van der Waals surface area contributed by atoms with Gasteiger partial charge in [0.25, 0.3) is 5.56 Å². The van der Waals surface area contributed by atoms with Gasteiger partial charge in [0, 0.05) is 58.7 Å². The number of nitrogens with zero attached hydrogens (tertiary/aromatic N) is 3. The van der Waals surface area contributed by atoms with Crippen LogP contribution < -0.4 is 15.8 Å². The van der Waals surface area contributed by atoms with Gasteiger partial charge in [-0.3, -0.25) is 9.69 Å². The molecular weight excluding hydrogens is 218 g/mol. The summed E-state index contributed by atoms with van der Waals surface area (Å²) in [5.74, 6) is 0.489. The summed E-state index contributed by atoms with van der Waals surface area (Å²) < 4.78 is 0. The number of nitrogens with one attached hydrogen (secondary N) is 2. The molecule has 2 N–H and O–H groups in total. The Hall–Kier alpha value is -1.40. The Balaban J connectivity index is 1.86. The Morgan fingerprint density at radius 1 is 1.47 bits per heavy atom. The van der Waals surface area contributed by atoms with E-state index in [0.29, 0.717) is 5.82 Å². The van der Waals surface area contributed by atoms with Crippen LogP contribution in [0.5, 0.6) is 0 Å². The average molecular weight is 237 g/mol. The van der Waals surface area contributed by atoms with Gasteiger partial charge in [0.2, 0.25) is 0 Å². The quantitative estimate of drug-likeness (QED) is 0.711. The number of H-pyrrole nitrogens is 1. The molecule has 6 heteroatoms. The van der Waals surface area contributed by atoms with Gasteiger partial charge < -0.3 is 15.2 Å². The Kier molecular flexibility index (Phi) is 4.11. The van der Waals surface area contributed by atoms with E-state index in [4.69, 9.17) is 0 Å². The fraction of sp³-hybridized carbons (Fsp3) is 0.636. The van der Waals surface area contributed by atoms with E-state index in [0.717, 1.165) is 39.3 Å². The Labute approximate surface area is 101 Å². The molecule has 1 aliphatic rings. The van der Waals surface area contributed by atoms with E-state index >= 15 is 0 Å². The highest BCUT2D eigenvalue weighted by molar-refractivity contribution is 5.33. The second-order valence-corrected chi connectivity index (χ2v) is 4.26. The van der Waals surface area contributed by atoms with Crippen LogP contribution >= 0.6 is 0 Å². The van der Waals surface area contributed by atoms with Gasteiger partial charge in [0.1, 0.15) is 0 Å². The van der Waals surface area contributed by atoms with Crippen LogP contribution in [0.25, 0.3) is 0 Å². The van der Waals surface area contributed by atoms with Crippen LogP contribution in [0.1, 0.15) is 0 Å². The normalized spacial score (nSPS) is 17.0. The number of hydrogen-bond acceptors (Lipinski definition) is 5. The van der Waals surface area contributed by atoms with Crippen molar-refractivity contribution < 1.29 is 0 Å². The monoisotopic (exact) mass is 237 g/mol. The Bertz CT molecular complexity index is 399. The van der Waals surface area contributed by atoms with Gasteiger partial charge in [-0.25, -0.2) is 4.98 Å². The van der Waals surface area contributed by atoms with Crippen LogP contribution in [0.4, 0.5) is 5.82 Å². The standard InChI is InChI=1S/C11H19N5O/c1-15(10-11(17)14-3-2-13-10)8-9-16-6-4-12-5-7-16/h2-3,12H,4-9H2,1H3,(H,14,17). The summed E-state index contributed by atoms with van der Waals surface area (Å²) in [5.41, 5.74) is -0.129. The maximum Gasteiger partial charge on any atom is 0.290 e. The zero-order valence-electron chi connectivity index (χ0n) is 10.1. The van der Waals surface area contributed by atoms with E-state index < -0.39 is 0 Å². The van der Waals surface area contributed by atoms with Gasteiger partial charge in [0.15, 0.2) is 5.82 Å². The van der Waals surface area contributed by atoms with Crippen molar-refractivity contribution >= 4 is 5.82 Å². The molecule has 0 spiro atoms. The number of aromatic amines is 1. The van der Waals surface area contributed by atoms with E-state index in [1.165, 1.54) is 0 Å². The summed E-state index contributed by atoms with van der Waals surface area (Å²) in [6, 6.07) is 0. The Morgan fingerprint density at radius 3 is 2.94 bits per heavy atom. The van der Waals surface area contributed by atoms with Crippen molar-refractivity contribution in [2.24, 2.45) is 0 Å². The van der Waals surface area contributed by atoms with Gasteiger partial charge in [0.05, 0.1) is 0 Å². The minimum absolute atomic E-state index is 0.129. The molecule has 0 radical (unpaired) electrons. The van der Waals surface area contributed by atoms with Crippen molar-refractivity contribution in [3.63, 3.8) is 0 Å². The smallest absolute Gasteiger partial charge is 0.290 e. The average Bonchev–Trinajstić information content (AvgIpc) is 2.38. The summed E-state index contributed by atoms with van der Waals surface area (Å²) >= 11 is 0. The molecule has 0 aromatic carbocycles. The molecule has 0 atom stereocenters. The maximum absolute atomic E-state index is 11.5. The van der Waals surface area contributed by atoms with Gasteiger partial charge in [-0.05, 0) is 0 Å². The summed E-state index contributed by atoms with van der Waals surface area (Å²) in [6.07, 6.45) is 3.16. The molecule has 17 heavy (non-hydrogen) atoms. The van der Waals surface area contributed by atoms with Crippen molar-refractivity contribution in [2.75, 3.05) is 51.2 Å². The highest BCUT2D eigenvalue weighted by atomic mass is 16.1. The Morgan fingerprint density at radius 2 is 2.24 bits per heavy atom. The first-order valence-corrected chi connectivity index (χ1v) is 5.95. The maximum atomic E-state index is 11.5. The number of rotatable bonds is 4. The number of aromatic nitrogens is 2. The third-order valence-electron chi connectivity index (χ3n) is 3.01. The fourth-order valence-electron chi connectivity index (χ4n) is 1.95. The van der Waals surface area contributed by atoms with Crippen LogP contribution in [-0.4, -0.2) is 61.2 Å².